The maximum Gasteiger partial charge on any atom is 0.263 e. The first-order valence-corrected chi connectivity index (χ1v) is 12.9. The van der Waals surface area contributed by atoms with Crippen molar-refractivity contribution < 1.29 is 4.79 Å². The lowest BCUT2D eigenvalue weighted by Crippen LogP contribution is -2.39. The second-order valence-corrected chi connectivity index (χ2v) is 9.83. The van der Waals surface area contributed by atoms with Crippen molar-refractivity contribution >= 4 is 33.1 Å². The highest BCUT2D eigenvalue weighted by Gasteiger charge is 2.24. The number of amides is 1. The summed E-state index contributed by atoms with van der Waals surface area (Å²) in [5, 5.41) is 0.740. The number of rotatable bonds is 8. The molecule has 0 atom stereocenters. The van der Waals surface area contributed by atoms with E-state index in [1.165, 1.54) is 16.9 Å². The average Bonchev–Trinajstić information content (AvgIpc) is 3.18. The summed E-state index contributed by atoms with van der Waals surface area (Å²) in [6, 6.07) is 7.94. The number of nitrogens with zero attached hydrogens (tertiary/aromatic N) is 4. The molecule has 176 valence electrons. The van der Waals surface area contributed by atoms with Gasteiger partial charge in [0.05, 0.1) is 11.9 Å². The van der Waals surface area contributed by atoms with Crippen LogP contribution in [0.5, 0.6) is 0 Å². The monoisotopic (exact) mass is 466 g/mol. The van der Waals surface area contributed by atoms with E-state index in [2.05, 4.69) is 18.7 Å². The first kappa shape index (κ1) is 23.6. The number of benzene rings is 1. The zero-order chi connectivity index (χ0) is 23.5. The molecule has 7 heteroatoms. The number of carbonyl (C=O) groups is 1. The minimum absolute atomic E-state index is 0.00474. The summed E-state index contributed by atoms with van der Waals surface area (Å²) in [6.45, 7) is 11.0. The molecule has 0 saturated heterocycles. The molecule has 3 aromatic rings. The second kappa shape index (κ2) is 10.2. The molecule has 0 aliphatic heterocycles. The summed E-state index contributed by atoms with van der Waals surface area (Å²) in [5.74, 6) is 0.597. The third-order valence-electron chi connectivity index (χ3n) is 6.64. The van der Waals surface area contributed by atoms with Crippen molar-refractivity contribution in [2.75, 3.05) is 24.5 Å². The van der Waals surface area contributed by atoms with Gasteiger partial charge in [0.15, 0.2) is 0 Å². The van der Waals surface area contributed by atoms with Crippen LogP contribution >= 0.6 is 11.3 Å². The molecule has 2 aromatic heterocycles. The molecule has 2 heterocycles. The average molecular weight is 467 g/mol. The smallest absolute Gasteiger partial charge is 0.263 e. The first-order chi connectivity index (χ1) is 16.0. The maximum atomic E-state index is 13.8. The summed E-state index contributed by atoms with van der Waals surface area (Å²) in [7, 11) is 0. The number of anilines is 1. The van der Waals surface area contributed by atoms with Gasteiger partial charge in [0.2, 0.25) is 5.91 Å². The highest BCUT2D eigenvalue weighted by Crippen LogP contribution is 2.34. The third-order valence-corrected chi connectivity index (χ3v) is 7.82. The Hall–Kier alpha value is -2.51. The molecule has 1 amide bonds. The molecule has 33 heavy (non-hydrogen) atoms. The van der Waals surface area contributed by atoms with Crippen LogP contribution in [-0.4, -0.2) is 40.0 Å². The van der Waals surface area contributed by atoms with Gasteiger partial charge in [0.25, 0.3) is 5.56 Å². The van der Waals surface area contributed by atoms with Crippen molar-refractivity contribution in [3.05, 3.63) is 56.4 Å². The highest BCUT2D eigenvalue weighted by atomic mass is 32.1. The molecule has 0 bridgehead atoms. The Bertz CT molecular complexity index is 1210. The van der Waals surface area contributed by atoms with Gasteiger partial charge in [-0.05, 0) is 75.9 Å². The fourth-order valence-corrected chi connectivity index (χ4v) is 6.00. The van der Waals surface area contributed by atoms with Crippen LogP contribution in [0, 0.1) is 6.92 Å². The molecule has 0 spiro atoms. The SMILES string of the molecule is CCN(CC)Cc1nc2sc3c(c2c(=O)n1CC(=O)N(CC)c1cccc(C)c1)CCCC3. The largest absolute Gasteiger partial charge is 0.311 e. The van der Waals surface area contributed by atoms with E-state index in [-0.39, 0.29) is 18.0 Å². The summed E-state index contributed by atoms with van der Waals surface area (Å²) in [5.41, 5.74) is 3.07. The quantitative estimate of drug-likeness (QED) is 0.489. The van der Waals surface area contributed by atoms with Gasteiger partial charge in [-0.15, -0.1) is 11.3 Å². The molecular weight excluding hydrogens is 432 g/mol. The molecule has 0 fully saturated rings. The summed E-state index contributed by atoms with van der Waals surface area (Å²) >= 11 is 1.67. The van der Waals surface area contributed by atoms with Crippen molar-refractivity contribution in [3.8, 4) is 0 Å². The normalized spacial score (nSPS) is 13.5. The zero-order valence-electron chi connectivity index (χ0n) is 20.2. The van der Waals surface area contributed by atoms with E-state index >= 15 is 0 Å². The van der Waals surface area contributed by atoms with Crippen molar-refractivity contribution in [1.29, 1.82) is 0 Å². The van der Waals surface area contributed by atoms with Gasteiger partial charge >= 0.3 is 0 Å². The molecule has 0 unspecified atom stereocenters. The number of carbonyl (C=O) groups excluding carboxylic acids is 1. The summed E-state index contributed by atoms with van der Waals surface area (Å²) < 4.78 is 1.64. The summed E-state index contributed by atoms with van der Waals surface area (Å²) in [4.78, 5) is 38.4. The Kier molecular flexibility index (Phi) is 7.29. The van der Waals surface area contributed by atoms with Gasteiger partial charge < -0.3 is 4.90 Å². The van der Waals surface area contributed by atoms with Crippen LogP contribution in [0.2, 0.25) is 0 Å². The Balaban J connectivity index is 1.79. The Morgan fingerprint density at radius 3 is 2.58 bits per heavy atom. The number of aryl methyl sites for hydroxylation is 3. The van der Waals surface area contributed by atoms with Crippen molar-refractivity contribution in [2.24, 2.45) is 0 Å². The van der Waals surface area contributed by atoms with Crippen LogP contribution in [0.25, 0.3) is 10.2 Å². The topological polar surface area (TPSA) is 58.4 Å². The van der Waals surface area contributed by atoms with Crippen molar-refractivity contribution in [3.63, 3.8) is 0 Å². The molecule has 6 nitrogen and oxygen atoms in total. The number of thiophene rings is 1. The molecule has 1 aromatic carbocycles. The van der Waals surface area contributed by atoms with Crippen LogP contribution in [0.1, 0.15) is 55.4 Å². The van der Waals surface area contributed by atoms with Gasteiger partial charge in [-0.25, -0.2) is 4.98 Å². The van der Waals surface area contributed by atoms with Crippen LogP contribution in [0.4, 0.5) is 5.69 Å². The van der Waals surface area contributed by atoms with Crippen LogP contribution < -0.4 is 10.5 Å². The van der Waals surface area contributed by atoms with Gasteiger partial charge in [-0.1, -0.05) is 26.0 Å². The fraction of sp³-hybridized carbons (Fsp3) is 0.500. The molecule has 4 rings (SSSR count). The Morgan fingerprint density at radius 2 is 1.88 bits per heavy atom. The van der Waals surface area contributed by atoms with Crippen LogP contribution in [0.15, 0.2) is 29.1 Å². The molecule has 1 aliphatic carbocycles. The van der Waals surface area contributed by atoms with E-state index in [9.17, 15) is 9.59 Å². The summed E-state index contributed by atoms with van der Waals surface area (Å²) in [6.07, 6.45) is 4.23. The lowest BCUT2D eigenvalue weighted by Gasteiger charge is -2.24. The molecular formula is C26H34N4O2S. The molecule has 1 aliphatic rings. The number of fused-ring (bicyclic) bond motifs is 3. The zero-order valence-corrected chi connectivity index (χ0v) is 21.0. The van der Waals surface area contributed by atoms with Crippen molar-refractivity contribution in [1.82, 2.24) is 14.5 Å². The molecule has 0 saturated carbocycles. The first-order valence-electron chi connectivity index (χ1n) is 12.1. The highest BCUT2D eigenvalue weighted by molar-refractivity contribution is 7.18. The lowest BCUT2D eigenvalue weighted by molar-refractivity contribution is -0.119. The van der Waals surface area contributed by atoms with E-state index in [1.807, 2.05) is 38.1 Å². The number of aromatic nitrogens is 2. The van der Waals surface area contributed by atoms with E-state index < -0.39 is 0 Å². The number of hydrogen-bond donors (Lipinski definition) is 0. The predicted molar refractivity (Wildman–Crippen MR) is 136 cm³/mol. The molecule has 0 N–H and O–H groups in total. The Labute approximate surface area is 199 Å². The van der Waals surface area contributed by atoms with Crippen LogP contribution in [-0.2, 0) is 30.7 Å². The minimum Gasteiger partial charge on any atom is -0.311 e. The van der Waals surface area contributed by atoms with E-state index in [0.717, 1.165) is 53.8 Å². The second-order valence-electron chi connectivity index (χ2n) is 8.75. The van der Waals surface area contributed by atoms with E-state index in [0.29, 0.717) is 18.9 Å². The van der Waals surface area contributed by atoms with E-state index in [4.69, 9.17) is 4.98 Å². The van der Waals surface area contributed by atoms with Crippen molar-refractivity contribution in [2.45, 2.75) is 66.5 Å². The fourth-order valence-electron chi connectivity index (χ4n) is 4.73. The standard InChI is InChI=1S/C26H34N4O2S/c1-5-28(6-2)16-22-27-25-24(20-13-8-9-14-21(20)33-25)26(32)30(22)17-23(31)29(7-3)19-12-10-11-18(4)15-19/h10-12,15H,5-9,13-14,16-17H2,1-4H3. The number of likely N-dealkylation sites (N-methyl/N-ethyl adjacent to an activating group) is 1. The third kappa shape index (κ3) is 4.75. The number of hydrogen-bond acceptors (Lipinski definition) is 5. The maximum absolute atomic E-state index is 13.8. The molecule has 0 radical (unpaired) electrons. The lowest BCUT2D eigenvalue weighted by atomic mass is 9.97. The van der Waals surface area contributed by atoms with Gasteiger partial charge in [-0.3, -0.25) is 19.1 Å². The van der Waals surface area contributed by atoms with Gasteiger partial charge in [0.1, 0.15) is 17.2 Å². The van der Waals surface area contributed by atoms with E-state index in [1.54, 1.807) is 20.8 Å². The Morgan fingerprint density at radius 1 is 1.12 bits per heavy atom. The predicted octanol–water partition coefficient (Wildman–Crippen LogP) is 4.54. The van der Waals surface area contributed by atoms with Crippen LogP contribution in [0.3, 0.4) is 0 Å². The van der Waals surface area contributed by atoms with Gasteiger partial charge in [0, 0.05) is 17.1 Å². The van der Waals surface area contributed by atoms with Gasteiger partial charge in [-0.2, -0.15) is 0 Å². The minimum atomic E-state index is -0.0868.